The van der Waals surface area contributed by atoms with Gasteiger partial charge in [-0.2, -0.15) is 0 Å². The van der Waals surface area contributed by atoms with Gasteiger partial charge >= 0.3 is 0 Å². The number of benzene rings is 1. The van der Waals surface area contributed by atoms with Crippen LogP contribution in [0.5, 0.6) is 0 Å². The molecule has 0 saturated heterocycles. The van der Waals surface area contributed by atoms with Crippen LogP contribution in [0.2, 0.25) is 0 Å². The molecule has 3 heteroatoms. The number of aromatic nitrogens is 1. The molecule has 0 N–H and O–H groups in total. The van der Waals surface area contributed by atoms with E-state index in [4.69, 9.17) is 0 Å². The van der Waals surface area contributed by atoms with E-state index in [1.54, 1.807) is 6.20 Å². The molecule has 1 aromatic carbocycles. The van der Waals surface area contributed by atoms with Gasteiger partial charge in [-0.1, -0.05) is 12.1 Å². The Kier molecular flexibility index (Phi) is 2.04. The first kappa shape index (κ1) is 9.85. The predicted molar refractivity (Wildman–Crippen MR) is 63.1 cm³/mol. The zero-order valence-electron chi connectivity index (χ0n) is 9.57. The molecular weight excluding hydrogens is 203 g/mol. The molecule has 0 bridgehead atoms. The van der Waals surface area contributed by atoms with Crippen molar-refractivity contribution in [3.05, 3.63) is 35.8 Å². The largest absolute Gasteiger partial charge is 0.343 e. The van der Waals surface area contributed by atoms with Gasteiger partial charge in [-0.15, -0.1) is 0 Å². The Morgan fingerprint density at radius 1 is 1.38 bits per heavy atom. The van der Waals surface area contributed by atoms with Crippen LogP contribution in [-0.2, 0) is 13.0 Å². The first-order valence-corrected chi connectivity index (χ1v) is 5.59. The van der Waals surface area contributed by atoms with Crippen LogP contribution >= 0.6 is 0 Å². The van der Waals surface area contributed by atoms with Gasteiger partial charge in [-0.25, -0.2) is 4.39 Å². The molecule has 0 radical (unpaired) electrons. The highest BCUT2D eigenvalue weighted by molar-refractivity contribution is 5.84. The van der Waals surface area contributed by atoms with Crippen LogP contribution in [0.3, 0.4) is 0 Å². The Hall–Kier alpha value is -1.35. The van der Waals surface area contributed by atoms with Crippen molar-refractivity contribution in [1.29, 1.82) is 0 Å². The molecule has 3 rings (SSSR count). The van der Waals surface area contributed by atoms with Crippen LogP contribution in [0, 0.1) is 5.82 Å². The van der Waals surface area contributed by atoms with E-state index in [0.717, 1.165) is 23.9 Å². The normalized spacial score (nSPS) is 19.6. The molecule has 1 aromatic heterocycles. The lowest BCUT2D eigenvalue weighted by molar-refractivity contribution is 0.258. The van der Waals surface area contributed by atoms with E-state index < -0.39 is 0 Å². The fraction of sp³-hybridized carbons (Fsp3) is 0.385. The van der Waals surface area contributed by atoms with Crippen molar-refractivity contribution >= 4 is 10.9 Å². The SMILES string of the molecule is CN(C)C1Cc2cccc3c(F)cn(c23)C1. The number of para-hydroxylation sites is 1. The maximum absolute atomic E-state index is 13.7. The lowest BCUT2D eigenvalue weighted by Crippen LogP contribution is -2.36. The molecule has 0 amide bonds. The summed E-state index contributed by atoms with van der Waals surface area (Å²) in [6.45, 7) is 0.879. The lowest BCUT2D eigenvalue weighted by atomic mass is 9.99. The van der Waals surface area contributed by atoms with E-state index >= 15 is 0 Å². The summed E-state index contributed by atoms with van der Waals surface area (Å²) < 4.78 is 15.7. The predicted octanol–water partition coefficient (Wildman–Crippen LogP) is 2.27. The molecule has 16 heavy (non-hydrogen) atoms. The molecule has 2 heterocycles. The molecule has 1 aliphatic heterocycles. The Morgan fingerprint density at radius 3 is 2.94 bits per heavy atom. The lowest BCUT2D eigenvalue weighted by Gasteiger charge is -2.29. The third-order valence-electron chi connectivity index (χ3n) is 3.53. The summed E-state index contributed by atoms with van der Waals surface area (Å²) in [6.07, 6.45) is 2.64. The number of hydrogen-bond donors (Lipinski definition) is 0. The average Bonchev–Trinajstić information content (AvgIpc) is 2.58. The van der Waals surface area contributed by atoms with Crippen molar-refractivity contribution in [2.75, 3.05) is 14.1 Å². The number of likely N-dealkylation sites (N-methyl/N-ethyl adjacent to an activating group) is 1. The van der Waals surface area contributed by atoms with Gasteiger partial charge < -0.3 is 9.47 Å². The number of nitrogens with zero attached hydrogens (tertiary/aromatic N) is 2. The zero-order valence-corrected chi connectivity index (χ0v) is 9.57. The van der Waals surface area contributed by atoms with E-state index in [1.807, 2.05) is 16.7 Å². The molecular formula is C13H15FN2. The van der Waals surface area contributed by atoms with Crippen LogP contribution in [0.1, 0.15) is 5.56 Å². The van der Waals surface area contributed by atoms with E-state index in [-0.39, 0.29) is 5.82 Å². The summed E-state index contributed by atoms with van der Waals surface area (Å²) in [5.74, 6) is -0.101. The topological polar surface area (TPSA) is 8.17 Å². The van der Waals surface area contributed by atoms with Crippen molar-refractivity contribution in [1.82, 2.24) is 9.47 Å². The highest BCUT2D eigenvalue weighted by atomic mass is 19.1. The standard InChI is InChI=1S/C13H15FN2/c1-15(2)10-6-9-4-3-5-11-12(14)8-16(7-10)13(9)11/h3-5,8,10H,6-7H2,1-2H3. The van der Waals surface area contributed by atoms with Crippen LogP contribution in [0.25, 0.3) is 10.9 Å². The first-order valence-electron chi connectivity index (χ1n) is 5.59. The van der Waals surface area contributed by atoms with Gasteiger partial charge in [0.15, 0.2) is 0 Å². The monoisotopic (exact) mass is 218 g/mol. The van der Waals surface area contributed by atoms with Crippen molar-refractivity contribution in [3.63, 3.8) is 0 Å². The molecule has 1 aliphatic rings. The van der Waals surface area contributed by atoms with Crippen molar-refractivity contribution in [2.45, 2.75) is 19.0 Å². The van der Waals surface area contributed by atoms with Crippen LogP contribution in [0.4, 0.5) is 4.39 Å². The smallest absolute Gasteiger partial charge is 0.148 e. The molecule has 0 aliphatic carbocycles. The molecule has 2 aromatic rings. The van der Waals surface area contributed by atoms with Gasteiger partial charge in [0.1, 0.15) is 5.82 Å². The van der Waals surface area contributed by atoms with Gasteiger partial charge in [0.2, 0.25) is 0 Å². The molecule has 1 atom stereocenters. The maximum atomic E-state index is 13.7. The van der Waals surface area contributed by atoms with Gasteiger partial charge in [0, 0.05) is 24.2 Å². The molecule has 0 saturated carbocycles. The van der Waals surface area contributed by atoms with Crippen LogP contribution < -0.4 is 0 Å². The Labute approximate surface area is 94.3 Å². The second kappa shape index (κ2) is 3.32. The number of halogens is 1. The Morgan fingerprint density at radius 2 is 2.19 bits per heavy atom. The first-order chi connectivity index (χ1) is 7.66. The molecule has 0 spiro atoms. The Bertz CT molecular complexity index is 542. The fourth-order valence-electron chi connectivity index (χ4n) is 2.59. The van der Waals surface area contributed by atoms with E-state index in [2.05, 4.69) is 25.1 Å². The minimum Gasteiger partial charge on any atom is -0.343 e. The summed E-state index contributed by atoms with van der Waals surface area (Å²) in [5.41, 5.74) is 2.34. The van der Waals surface area contributed by atoms with Gasteiger partial charge in [0.05, 0.1) is 5.52 Å². The average molecular weight is 218 g/mol. The third kappa shape index (κ3) is 1.28. The zero-order chi connectivity index (χ0) is 11.3. The third-order valence-corrected chi connectivity index (χ3v) is 3.53. The van der Waals surface area contributed by atoms with E-state index in [0.29, 0.717) is 6.04 Å². The van der Waals surface area contributed by atoms with Gasteiger partial charge in [-0.05, 0) is 32.1 Å². The number of rotatable bonds is 1. The maximum Gasteiger partial charge on any atom is 0.148 e. The summed E-state index contributed by atoms with van der Waals surface area (Å²) in [7, 11) is 4.16. The minimum atomic E-state index is -0.101. The highest BCUT2D eigenvalue weighted by Crippen LogP contribution is 2.29. The fourth-order valence-corrected chi connectivity index (χ4v) is 2.59. The van der Waals surface area contributed by atoms with Crippen molar-refractivity contribution < 1.29 is 4.39 Å². The summed E-state index contributed by atoms with van der Waals surface area (Å²) in [6, 6.07) is 6.38. The van der Waals surface area contributed by atoms with E-state index in [9.17, 15) is 4.39 Å². The summed E-state index contributed by atoms with van der Waals surface area (Å²) in [5, 5.41) is 0.759. The van der Waals surface area contributed by atoms with Crippen molar-refractivity contribution in [3.8, 4) is 0 Å². The highest BCUT2D eigenvalue weighted by Gasteiger charge is 2.23. The second-order valence-corrected chi connectivity index (χ2v) is 4.76. The molecule has 0 fully saturated rings. The number of hydrogen-bond acceptors (Lipinski definition) is 1. The Balaban J connectivity index is 2.20. The molecule has 1 unspecified atom stereocenters. The quantitative estimate of drug-likeness (QED) is 0.713. The summed E-state index contributed by atoms with van der Waals surface area (Å²) >= 11 is 0. The summed E-state index contributed by atoms with van der Waals surface area (Å²) in [4.78, 5) is 2.21. The van der Waals surface area contributed by atoms with Crippen LogP contribution in [0.15, 0.2) is 24.4 Å². The van der Waals surface area contributed by atoms with Gasteiger partial charge in [0.25, 0.3) is 0 Å². The second-order valence-electron chi connectivity index (χ2n) is 4.76. The minimum absolute atomic E-state index is 0.101. The van der Waals surface area contributed by atoms with Crippen LogP contribution in [-0.4, -0.2) is 29.6 Å². The van der Waals surface area contributed by atoms with E-state index in [1.165, 1.54) is 5.56 Å². The van der Waals surface area contributed by atoms with Gasteiger partial charge in [-0.3, -0.25) is 0 Å². The molecule has 2 nitrogen and oxygen atoms in total. The van der Waals surface area contributed by atoms with Crippen molar-refractivity contribution in [2.24, 2.45) is 0 Å². The molecule has 84 valence electrons.